The van der Waals surface area contributed by atoms with E-state index in [0.29, 0.717) is 184 Å². The van der Waals surface area contributed by atoms with Gasteiger partial charge in [-0.3, -0.25) is 37.4 Å². The van der Waals surface area contributed by atoms with E-state index in [-0.39, 0.29) is 70.1 Å². The van der Waals surface area contributed by atoms with Crippen molar-refractivity contribution in [1.29, 1.82) is 0 Å². The molecule has 0 saturated carbocycles. The van der Waals surface area contributed by atoms with E-state index in [2.05, 4.69) is 94.9 Å². The maximum absolute atomic E-state index is 15.2. The van der Waals surface area contributed by atoms with Crippen LogP contribution in [0.2, 0.25) is 5.02 Å². The van der Waals surface area contributed by atoms with Crippen molar-refractivity contribution < 1.29 is 89.2 Å². The Morgan fingerprint density at radius 1 is 0.384 bits per heavy atom. The van der Waals surface area contributed by atoms with Crippen LogP contribution in [0.15, 0.2) is 97.1 Å². The van der Waals surface area contributed by atoms with Crippen molar-refractivity contribution in [2.45, 2.75) is 249 Å². The summed E-state index contributed by atoms with van der Waals surface area (Å²) in [4.78, 5) is 85.4. The molecular weight excluding hydrogens is 1910 g/mol. The fourth-order valence-electron chi connectivity index (χ4n) is 21.2. The zero-order chi connectivity index (χ0) is 105. The summed E-state index contributed by atoms with van der Waals surface area (Å²) in [6.07, 6.45) is 9.74. The van der Waals surface area contributed by atoms with Gasteiger partial charge in [0.05, 0.1) is 184 Å². The third-order valence-electron chi connectivity index (χ3n) is 28.3. The summed E-state index contributed by atoms with van der Waals surface area (Å²) < 4.78 is 121. The quantitative estimate of drug-likeness (QED) is 0.0686. The van der Waals surface area contributed by atoms with Gasteiger partial charge < -0.3 is 76.4 Å². The number of morpholine rings is 4. The van der Waals surface area contributed by atoms with Gasteiger partial charge in [0.2, 0.25) is 0 Å². The number of thiophene rings is 1. The van der Waals surface area contributed by atoms with Gasteiger partial charge in [-0.25, -0.2) is 33.1 Å². The summed E-state index contributed by atoms with van der Waals surface area (Å²) >= 11 is 7.99. The average Bonchev–Trinajstić information content (AvgIpc) is 1.58. The number of carbonyl (C=O) groups is 4. The number of benzene rings is 6. The average molecular weight is 2040 g/mol. The number of hydrogen-bond donors (Lipinski definition) is 0. The summed E-state index contributed by atoms with van der Waals surface area (Å²) in [6.45, 7) is 46.5. The first-order valence-electron chi connectivity index (χ1n) is 50.6. The molecule has 4 fully saturated rings. The van der Waals surface area contributed by atoms with Crippen LogP contribution in [-0.4, -0.2) is 235 Å². The molecule has 778 valence electrons. The highest BCUT2D eigenvalue weighted by Gasteiger charge is 2.47. The molecule has 0 spiro atoms. The van der Waals surface area contributed by atoms with Crippen molar-refractivity contribution in [3.63, 3.8) is 0 Å². The Hall–Kier alpha value is -12.2. The Balaban J connectivity index is 0.000000133. The standard InChI is InChI=1S/C29H39N3O4.C28H31ClFN3O4.C28H31F2N3O4.C28H35N3O4S/c1-18(2)36-24-16-22-19(15-23(24)34-7)10-11-21-25(27(33)31-13-14-35-17-29(31,5)6)30-26(32(21)22)20-9-8-12-28(20,3)4;1-16(2)37-24-14-22-17(12-23(24)35-5)6-9-21-25(27(34)32-10-11-36-15-28(32,3)4)31-26(33(21)22)19-13-18(29)7-8-20(19)30;1-16(2)37-24-14-22-17(13-23(24)35-5)7-9-21-25(27(34)32-10-11-36-15-28(32,3)4)31-26(33(21)22)18-6-8-19(29)20(30)12-18;1-16(2)35-23-14-21-19(13-22(23)33-7)8-9-20-24(27(32)30-10-11-34-15-28(30,5)6)29-26(31(20)21)25-17(3)12-18(4)36-25/h9,15-16,18H,8,10-14,17H2,1-7H3;7-8,12-14,16H,6,9-11,15H2,1-5H3;6,8,12-14,16H,7,9-11,15H2,1-5H3;12-14,16H,8-11,15H2,1-7H3. The number of nitrogens with zero attached hydrogens (tertiary/aromatic N) is 12. The molecule has 4 saturated heterocycles. The van der Waals surface area contributed by atoms with Crippen molar-refractivity contribution in [2.24, 2.45) is 5.41 Å². The monoisotopic (exact) mass is 2040 g/mol. The van der Waals surface area contributed by atoms with Crippen molar-refractivity contribution in [2.75, 3.05) is 107 Å². The molecule has 28 nitrogen and oxygen atoms in total. The number of ether oxygens (including phenoxy) is 12. The van der Waals surface area contributed by atoms with Crippen molar-refractivity contribution >= 4 is 52.1 Å². The summed E-state index contributed by atoms with van der Waals surface area (Å²) in [7, 11) is 6.55. The Morgan fingerprint density at radius 2 is 0.705 bits per heavy atom. The van der Waals surface area contributed by atoms with Gasteiger partial charge in [0.15, 0.2) is 86.2 Å². The van der Waals surface area contributed by atoms with Gasteiger partial charge in [0, 0.05) is 65.9 Å². The molecule has 11 aromatic rings. The number of fused-ring (bicyclic) bond motifs is 12. The number of methoxy groups -OCH3 is 4. The van der Waals surface area contributed by atoms with Gasteiger partial charge in [-0.15, -0.1) is 11.3 Å². The molecule has 0 N–H and O–H groups in total. The number of imidazole rings is 4. The van der Waals surface area contributed by atoms with E-state index < -0.39 is 28.5 Å². The fraction of sp³-hybridized carbons (Fsp3) is 0.487. The van der Waals surface area contributed by atoms with Crippen LogP contribution in [-0.2, 0) is 70.3 Å². The lowest BCUT2D eigenvalue weighted by Crippen LogP contribution is -2.55. The normalized spacial score (nSPS) is 17.4. The molecule has 0 radical (unpaired) electrons. The summed E-state index contributed by atoms with van der Waals surface area (Å²) in [5.41, 5.74) is 14.2. The first-order valence-corrected chi connectivity index (χ1v) is 51.8. The Bertz CT molecular complexity index is 6900. The molecule has 0 bridgehead atoms. The molecule has 20 rings (SSSR count). The van der Waals surface area contributed by atoms with E-state index in [1.165, 1.54) is 34.2 Å². The molecule has 9 aliphatic rings. The Kier molecular flexibility index (Phi) is 30.1. The predicted octanol–water partition coefficient (Wildman–Crippen LogP) is 21.0. The minimum Gasteiger partial charge on any atom is -0.493 e. The number of halogens is 4. The van der Waals surface area contributed by atoms with E-state index in [0.717, 1.165) is 146 Å². The zero-order valence-electron chi connectivity index (χ0n) is 88.4. The first-order chi connectivity index (χ1) is 69.3. The van der Waals surface area contributed by atoms with Crippen LogP contribution >= 0.6 is 22.9 Å². The molecule has 8 aliphatic heterocycles. The molecule has 6 aromatic carbocycles. The minimum atomic E-state index is -0.980. The Morgan fingerprint density at radius 3 is 1.02 bits per heavy atom. The number of amides is 4. The number of hydrogen-bond acceptors (Lipinski definition) is 21. The van der Waals surface area contributed by atoms with Gasteiger partial charge in [-0.05, 0) is 294 Å². The van der Waals surface area contributed by atoms with E-state index in [9.17, 15) is 28.0 Å². The van der Waals surface area contributed by atoms with Gasteiger partial charge in [-0.2, -0.15) is 0 Å². The van der Waals surface area contributed by atoms with E-state index in [1.807, 2.05) is 132 Å². The molecule has 13 heterocycles. The van der Waals surface area contributed by atoms with E-state index >= 15 is 4.39 Å². The molecule has 33 heteroatoms. The van der Waals surface area contributed by atoms with Crippen LogP contribution in [0.25, 0.3) is 61.8 Å². The minimum absolute atomic E-state index is 0.00477. The van der Waals surface area contributed by atoms with Crippen LogP contribution < -0.4 is 37.9 Å². The second-order valence-corrected chi connectivity index (χ2v) is 44.6. The lowest BCUT2D eigenvalue weighted by Gasteiger charge is -2.41. The highest BCUT2D eigenvalue weighted by Crippen LogP contribution is 2.51. The molecule has 0 unspecified atom stereocenters. The SMILES string of the molecule is COc1cc2c(cc1OC(C)C)-n1c(-c3cc(Cl)ccc3F)nc(C(=O)N3CCOCC3(C)C)c1CC2.COc1cc2c(cc1OC(C)C)-n1c(-c3ccc(F)c(F)c3)nc(C(=O)N3CCOCC3(C)C)c1CC2.COc1cc2c(cc1OC(C)C)-n1c(-c3sc(C)cc3C)nc(C(=O)N3CCOCC3(C)C)c1CC2.COc1cc2c(cc1OC(C)C)-n1c(C3=CCCC3(C)C)nc(C(=O)N3CCOCC3(C)C)c1CC2. The first kappa shape index (κ1) is 105. The molecule has 5 aromatic heterocycles. The fourth-order valence-corrected chi connectivity index (χ4v) is 22.4. The van der Waals surface area contributed by atoms with Gasteiger partial charge in [0.25, 0.3) is 23.6 Å². The van der Waals surface area contributed by atoms with Gasteiger partial charge >= 0.3 is 0 Å². The smallest absolute Gasteiger partial charge is 0.274 e. The van der Waals surface area contributed by atoms with Crippen molar-refractivity contribution in [1.82, 2.24) is 57.8 Å². The van der Waals surface area contributed by atoms with E-state index in [4.69, 9.17) is 88.4 Å². The molecule has 0 atom stereocenters. The maximum Gasteiger partial charge on any atom is 0.274 e. The highest BCUT2D eigenvalue weighted by atomic mass is 35.5. The number of allylic oxidation sites excluding steroid dienone is 2. The number of aryl methyl sites for hydroxylation is 6. The zero-order valence-corrected chi connectivity index (χ0v) is 90.0. The molecule has 4 amide bonds. The van der Waals surface area contributed by atoms with Crippen LogP contribution in [0.3, 0.4) is 0 Å². The van der Waals surface area contributed by atoms with Gasteiger partial charge in [0.1, 0.15) is 23.3 Å². The van der Waals surface area contributed by atoms with Crippen molar-refractivity contribution in [3.05, 3.63) is 204 Å². The van der Waals surface area contributed by atoms with Crippen LogP contribution in [0, 0.1) is 36.7 Å². The van der Waals surface area contributed by atoms with Gasteiger partial charge in [-0.1, -0.05) is 31.5 Å². The summed E-state index contributed by atoms with van der Waals surface area (Å²) in [6, 6.07) is 26.1. The third kappa shape index (κ3) is 20.6. The summed E-state index contributed by atoms with van der Waals surface area (Å²) in [5.74, 6) is 4.77. The number of carbonyl (C=O) groups excluding carboxylic acids is 4. The Labute approximate surface area is 862 Å². The molecule has 146 heavy (non-hydrogen) atoms. The summed E-state index contributed by atoms with van der Waals surface area (Å²) in [5, 5.41) is 0.380. The number of aromatic nitrogens is 8. The van der Waals surface area contributed by atoms with Crippen LogP contribution in [0.4, 0.5) is 13.2 Å². The van der Waals surface area contributed by atoms with Crippen LogP contribution in [0.5, 0.6) is 46.0 Å². The second-order valence-electron chi connectivity index (χ2n) is 42.9. The van der Waals surface area contributed by atoms with E-state index in [1.54, 1.807) is 55.6 Å². The highest BCUT2D eigenvalue weighted by molar-refractivity contribution is 7.15. The third-order valence-corrected chi connectivity index (χ3v) is 29.7. The predicted molar refractivity (Wildman–Crippen MR) is 556 cm³/mol. The van der Waals surface area contributed by atoms with Crippen LogP contribution in [0.1, 0.15) is 241 Å². The second kappa shape index (κ2) is 41.8. The maximum atomic E-state index is 15.2. The lowest BCUT2D eigenvalue weighted by atomic mass is 9.85. The topological polar surface area (TPSA) is 263 Å². The largest absolute Gasteiger partial charge is 0.493 e. The number of rotatable bonds is 20. The molecule has 1 aliphatic carbocycles. The lowest BCUT2D eigenvalue weighted by molar-refractivity contribution is -0.0375. The van der Waals surface area contributed by atoms with Crippen molar-refractivity contribution in [3.8, 4) is 102 Å². The molecular formula is C113H136ClF3N12O16S.